The number of aromatic hydroxyl groups is 1. The third-order valence-corrected chi connectivity index (χ3v) is 5.11. The maximum atomic E-state index is 9.39. The highest BCUT2D eigenvalue weighted by atomic mass is 127. The Morgan fingerprint density at radius 3 is 2.62 bits per heavy atom. The number of fused-ring (bicyclic) bond motifs is 3. The molecule has 21 heavy (non-hydrogen) atoms. The molecular formula is C14H9IN4OS. The molecule has 0 radical (unpaired) electrons. The average molecular weight is 408 g/mol. The lowest BCUT2D eigenvalue weighted by molar-refractivity contribution is 0.475. The van der Waals surface area contributed by atoms with Gasteiger partial charge in [0, 0.05) is 42.1 Å². The monoisotopic (exact) mass is 408 g/mol. The molecule has 7 heteroatoms. The zero-order valence-electron chi connectivity index (χ0n) is 10.6. The molecule has 0 amide bonds. The smallest absolute Gasteiger partial charge is 0.167 e. The van der Waals surface area contributed by atoms with Gasteiger partial charge in [0.05, 0.1) is 22.9 Å². The minimum absolute atomic E-state index is 0.249. The van der Waals surface area contributed by atoms with Gasteiger partial charge < -0.3 is 5.11 Å². The van der Waals surface area contributed by atoms with E-state index in [9.17, 15) is 5.11 Å². The Morgan fingerprint density at radius 1 is 1.05 bits per heavy atom. The second-order valence-electron chi connectivity index (χ2n) is 4.57. The molecule has 0 aliphatic heterocycles. The van der Waals surface area contributed by atoms with E-state index in [0.29, 0.717) is 0 Å². The summed E-state index contributed by atoms with van der Waals surface area (Å²) in [6.07, 6.45) is 5.64. The van der Waals surface area contributed by atoms with Crippen LogP contribution in [0.25, 0.3) is 27.9 Å². The van der Waals surface area contributed by atoms with Crippen molar-refractivity contribution in [1.82, 2.24) is 18.3 Å². The Hall–Kier alpha value is -1.74. The lowest BCUT2D eigenvalue weighted by Crippen LogP contribution is -1.90. The summed E-state index contributed by atoms with van der Waals surface area (Å²) in [7, 11) is 1.58. The molecule has 0 saturated heterocycles. The van der Waals surface area contributed by atoms with Crippen LogP contribution in [0.15, 0.2) is 49.1 Å². The highest BCUT2D eigenvalue weighted by Crippen LogP contribution is 2.28. The fraction of sp³-hybridized carbons (Fsp3) is 0. The van der Waals surface area contributed by atoms with Crippen LogP contribution < -0.4 is 0 Å². The first-order valence-corrected chi connectivity index (χ1v) is 9.51. The van der Waals surface area contributed by atoms with E-state index in [2.05, 4.69) is 31.2 Å². The Kier molecular flexibility index (Phi) is 3.03. The first kappa shape index (κ1) is 13.0. The van der Waals surface area contributed by atoms with E-state index in [0.717, 1.165) is 27.9 Å². The van der Waals surface area contributed by atoms with Gasteiger partial charge in [-0.25, -0.2) is 9.97 Å². The third-order valence-electron chi connectivity index (χ3n) is 3.39. The topological polar surface area (TPSA) is 55.4 Å². The number of nitrogens with zero attached hydrogens (tertiary/aromatic N) is 4. The number of imidazole rings is 1. The summed E-state index contributed by atoms with van der Waals surface area (Å²) in [4.78, 5) is 9.05. The zero-order chi connectivity index (χ0) is 14.4. The van der Waals surface area contributed by atoms with E-state index in [1.807, 2.05) is 45.3 Å². The van der Waals surface area contributed by atoms with Crippen molar-refractivity contribution in [2.24, 2.45) is 0 Å². The van der Waals surface area contributed by atoms with Crippen molar-refractivity contribution < 1.29 is 5.11 Å². The van der Waals surface area contributed by atoms with Gasteiger partial charge >= 0.3 is 0 Å². The van der Waals surface area contributed by atoms with E-state index in [1.165, 1.54) is 0 Å². The molecule has 0 aliphatic carbocycles. The summed E-state index contributed by atoms with van der Waals surface area (Å²) in [5, 5.41) is 9.39. The molecule has 3 heterocycles. The number of phenolic OH excluding ortho intramolecular Hbond substituents is 1. The van der Waals surface area contributed by atoms with Gasteiger partial charge in [0.25, 0.3) is 0 Å². The fourth-order valence-corrected chi connectivity index (χ4v) is 3.67. The molecule has 104 valence electrons. The van der Waals surface area contributed by atoms with Gasteiger partial charge in [0.1, 0.15) is 12.1 Å². The molecule has 4 aromatic rings. The van der Waals surface area contributed by atoms with Gasteiger partial charge in [0.15, 0.2) is 5.65 Å². The fourth-order valence-electron chi connectivity index (χ4n) is 2.40. The number of hydrogen-bond donors (Lipinski definition) is 1. The first-order chi connectivity index (χ1) is 10.3. The van der Waals surface area contributed by atoms with Gasteiger partial charge in [-0.2, -0.15) is 0 Å². The van der Waals surface area contributed by atoms with Crippen LogP contribution in [-0.2, 0) is 0 Å². The predicted molar refractivity (Wildman–Crippen MR) is 92.6 cm³/mol. The van der Waals surface area contributed by atoms with E-state index in [4.69, 9.17) is 0 Å². The van der Waals surface area contributed by atoms with Gasteiger partial charge in [-0.05, 0) is 30.3 Å². The number of hydrogen-bond acceptors (Lipinski definition) is 4. The Morgan fingerprint density at radius 2 is 1.86 bits per heavy atom. The van der Waals surface area contributed by atoms with Crippen LogP contribution >= 0.6 is 30.3 Å². The van der Waals surface area contributed by atoms with Crippen LogP contribution in [0, 0.1) is 0 Å². The van der Waals surface area contributed by atoms with Gasteiger partial charge in [-0.15, -0.1) is 0 Å². The molecule has 3 aromatic heterocycles. The number of phenols is 1. The van der Waals surface area contributed by atoms with Gasteiger partial charge in [0.2, 0.25) is 0 Å². The van der Waals surface area contributed by atoms with E-state index >= 15 is 0 Å². The molecule has 1 aromatic carbocycles. The van der Waals surface area contributed by atoms with Crippen LogP contribution in [0.5, 0.6) is 5.75 Å². The van der Waals surface area contributed by atoms with Crippen molar-refractivity contribution in [3.8, 4) is 17.0 Å². The molecule has 0 unspecified atom stereocenters. The highest BCUT2D eigenvalue weighted by molar-refractivity contribution is 14.2. The summed E-state index contributed by atoms with van der Waals surface area (Å²) < 4.78 is 4.05. The van der Waals surface area contributed by atoms with Crippen LogP contribution in [0.4, 0.5) is 0 Å². The van der Waals surface area contributed by atoms with E-state index in [-0.39, 0.29) is 5.75 Å². The van der Waals surface area contributed by atoms with E-state index in [1.54, 1.807) is 21.3 Å². The van der Waals surface area contributed by atoms with Crippen molar-refractivity contribution in [3.05, 3.63) is 49.1 Å². The molecule has 5 nitrogen and oxygen atoms in total. The summed E-state index contributed by atoms with van der Waals surface area (Å²) in [6.45, 7) is 0. The van der Waals surface area contributed by atoms with Crippen molar-refractivity contribution >= 4 is 47.0 Å². The van der Waals surface area contributed by atoms with Crippen LogP contribution in [0.3, 0.4) is 0 Å². The summed E-state index contributed by atoms with van der Waals surface area (Å²) >= 11 is 2.23. The van der Waals surface area contributed by atoms with Crippen molar-refractivity contribution in [1.29, 1.82) is 0 Å². The molecule has 0 aliphatic rings. The lowest BCUT2D eigenvalue weighted by Gasteiger charge is -2.01. The minimum Gasteiger partial charge on any atom is -0.508 e. The van der Waals surface area contributed by atoms with Crippen LogP contribution in [-0.4, -0.2) is 23.4 Å². The van der Waals surface area contributed by atoms with Crippen LogP contribution in [0.1, 0.15) is 0 Å². The second kappa shape index (κ2) is 4.92. The lowest BCUT2D eigenvalue weighted by atomic mass is 10.1. The molecular weight excluding hydrogens is 399 g/mol. The molecule has 0 fully saturated rings. The maximum absolute atomic E-state index is 9.39. The highest BCUT2D eigenvalue weighted by Gasteiger charge is 2.12. The SMILES string of the molecule is Oc1ccc(-c2ncn3c2cnc2c3ccn2SI)cc1. The Bertz CT molecular complexity index is 945. The average Bonchev–Trinajstić information content (AvgIpc) is 3.11. The Balaban J connectivity index is 1.98. The number of aromatic nitrogens is 4. The third kappa shape index (κ3) is 1.99. The maximum Gasteiger partial charge on any atom is 0.167 e. The van der Waals surface area contributed by atoms with Crippen LogP contribution in [0.2, 0.25) is 0 Å². The van der Waals surface area contributed by atoms with Gasteiger partial charge in [-0.3, -0.25) is 8.37 Å². The van der Waals surface area contributed by atoms with Crippen molar-refractivity contribution in [2.75, 3.05) is 0 Å². The van der Waals surface area contributed by atoms with Gasteiger partial charge in [-0.1, -0.05) is 0 Å². The quantitative estimate of drug-likeness (QED) is 0.512. The first-order valence-electron chi connectivity index (χ1n) is 6.19. The normalized spacial score (nSPS) is 11.5. The van der Waals surface area contributed by atoms with Crippen molar-refractivity contribution in [3.63, 3.8) is 0 Å². The summed E-state index contributed by atoms with van der Waals surface area (Å²) in [6, 6.07) is 9.07. The molecule has 0 saturated carbocycles. The van der Waals surface area contributed by atoms with Crippen molar-refractivity contribution in [2.45, 2.75) is 0 Å². The minimum atomic E-state index is 0.249. The number of rotatable bonds is 2. The standard InChI is InChI=1S/C14H9IN4OS/c15-21-19-6-5-11-14(19)16-7-12-13(17-8-18(11)12)9-1-3-10(20)4-2-9/h1-8,20H. The summed E-state index contributed by atoms with van der Waals surface area (Å²) in [5.41, 5.74) is 4.70. The second-order valence-corrected chi connectivity index (χ2v) is 6.29. The largest absolute Gasteiger partial charge is 0.508 e. The number of halogens is 1. The molecule has 1 N–H and O–H groups in total. The molecule has 0 atom stereocenters. The predicted octanol–water partition coefficient (Wildman–Crippen LogP) is 3.90. The number of benzene rings is 1. The molecule has 0 spiro atoms. The molecule has 4 rings (SSSR count). The Labute approximate surface area is 136 Å². The summed E-state index contributed by atoms with van der Waals surface area (Å²) in [5.74, 6) is 0.249. The zero-order valence-corrected chi connectivity index (χ0v) is 13.6. The molecule has 0 bridgehead atoms. The van der Waals surface area contributed by atoms with E-state index < -0.39 is 0 Å².